The maximum atomic E-state index is 10.8. The van der Waals surface area contributed by atoms with E-state index in [4.69, 9.17) is 13.9 Å². The molecule has 0 atom stereocenters. The van der Waals surface area contributed by atoms with Gasteiger partial charge >= 0.3 is 0 Å². The number of aromatic hydroxyl groups is 1. The lowest BCUT2D eigenvalue weighted by atomic mass is 9.96. The normalized spacial score (nSPS) is 11.1. The lowest BCUT2D eigenvalue weighted by Gasteiger charge is -2.15. The molecular formula is C26H24ClNO4. The van der Waals surface area contributed by atoms with Gasteiger partial charge in [-0.2, -0.15) is 0 Å². The van der Waals surface area contributed by atoms with Crippen LogP contribution in [0.5, 0.6) is 17.4 Å². The zero-order valence-corrected chi connectivity index (χ0v) is 19.0. The molecule has 0 unspecified atom stereocenters. The molecule has 0 bridgehead atoms. The highest BCUT2D eigenvalue weighted by molar-refractivity contribution is 6.05. The first-order chi connectivity index (χ1) is 15.1. The van der Waals surface area contributed by atoms with E-state index in [-0.39, 0.29) is 18.3 Å². The van der Waals surface area contributed by atoms with Crippen molar-refractivity contribution in [2.24, 2.45) is 0 Å². The van der Waals surface area contributed by atoms with Gasteiger partial charge in [0.2, 0.25) is 5.88 Å². The second kappa shape index (κ2) is 8.60. The van der Waals surface area contributed by atoms with Crippen LogP contribution in [0.2, 0.25) is 0 Å². The first-order valence-corrected chi connectivity index (χ1v) is 10.3. The summed E-state index contributed by atoms with van der Waals surface area (Å²) in [5.74, 6) is 1.32. The molecule has 2 aromatic heterocycles. The second-order valence-corrected chi connectivity index (χ2v) is 7.57. The van der Waals surface area contributed by atoms with E-state index in [0.29, 0.717) is 24.3 Å². The Morgan fingerprint density at radius 1 is 0.844 bits per heavy atom. The van der Waals surface area contributed by atoms with E-state index in [2.05, 4.69) is 17.1 Å². The summed E-state index contributed by atoms with van der Waals surface area (Å²) in [6, 6.07) is 18.0. The molecule has 0 radical (unpaired) electrons. The molecule has 5 nitrogen and oxygen atoms in total. The Hall–Kier alpha value is -3.44. The molecule has 5 rings (SSSR count). The number of ether oxygens (including phenoxy) is 2. The number of hydrogen-bond donors (Lipinski definition) is 1. The van der Waals surface area contributed by atoms with Gasteiger partial charge in [-0.15, -0.1) is 12.4 Å². The summed E-state index contributed by atoms with van der Waals surface area (Å²) >= 11 is 0. The van der Waals surface area contributed by atoms with Crippen molar-refractivity contribution in [3.8, 4) is 17.4 Å². The summed E-state index contributed by atoms with van der Waals surface area (Å²) in [6.45, 7) is 2.02. The minimum Gasteiger partial charge on any atom is -0.493 e. The number of methoxy groups -OCH3 is 2. The molecule has 164 valence electrons. The van der Waals surface area contributed by atoms with Crippen molar-refractivity contribution in [1.82, 2.24) is 4.98 Å². The van der Waals surface area contributed by atoms with Crippen LogP contribution >= 0.6 is 12.4 Å². The second-order valence-electron chi connectivity index (χ2n) is 7.57. The fraction of sp³-hybridized carbons (Fsp3) is 0.192. The third-order valence-corrected chi connectivity index (χ3v) is 5.83. The van der Waals surface area contributed by atoms with Gasteiger partial charge in [-0.3, -0.25) is 0 Å². The monoisotopic (exact) mass is 449 g/mol. The molecule has 0 saturated carbocycles. The Balaban J connectivity index is 0.00000245. The molecule has 0 aliphatic rings. The summed E-state index contributed by atoms with van der Waals surface area (Å²) < 4.78 is 17.0. The van der Waals surface area contributed by atoms with Gasteiger partial charge < -0.3 is 19.0 Å². The van der Waals surface area contributed by atoms with Crippen LogP contribution in [-0.2, 0) is 12.8 Å². The number of benzene rings is 3. The van der Waals surface area contributed by atoms with Crippen molar-refractivity contribution >= 4 is 45.1 Å². The van der Waals surface area contributed by atoms with E-state index < -0.39 is 0 Å². The van der Waals surface area contributed by atoms with Gasteiger partial charge in [-0.25, -0.2) is 4.98 Å². The summed E-state index contributed by atoms with van der Waals surface area (Å²) in [6.07, 6.45) is 1.23. The Labute approximate surface area is 192 Å². The molecule has 0 saturated heterocycles. The maximum Gasteiger partial charge on any atom is 0.215 e. The van der Waals surface area contributed by atoms with Crippen LogP contribution in [0.3, 0.4) is 0 Å². The highest BCUT2D eigenvalue weighted by Gasteiger charge is 2.18. The van der Waals surface area contributed by atoms with Crippen LogP contribution in [0.4, 0.5) is 0 Å². The molecule has 0 fully saturated rings. The minimum absolute atomic E-state index is 0. The number of halogens is 1. The lowest BCUT2D eigenvalue weighted by Crippen LogP contribution is -2.00. The molecule has 6 heteroatoms. The number of para-hydroxylation sites is 1. The number of hydrogen-bond acceptors (Lipinski definition) is 5. The maximum absolute atomic E-state index is 10.8. The van der Waals surface area contributed by atoms with E-state index in [1.165, 1.54) is 0 Å². The van der Waals surface area contributed by atoms with Gasteiger partial charge in [0.25, 0.3) is 0 Å². The van der Waals surface area contributed by atoms with Crippen molar-refractivity contribution in [3.05, 3.63) is 71.4 Å². The number of nitrogens with zero attached hydrogens (tertiary/aromatic N) is 1. The molecule has 5 aromatic rings. The summed E-state index contributed by atoms with van der Waals surface area (Å²) in [5.41, 5.74) is 4.38. The number of aromatic nitrogens is 1. The van der Waals surface area contributed by atoms with Gasteiger partial charge in [0.05, 0.1) is 19.9 Å². The topological polar surface area (TPSA) is 64.7 Å². The lowest BCUT2D eigenvalue weighted by molar-refractivity contribution is 0.355. The van der Waals surface area contributed by atoms with Crippen molar-refractivity contribution in [1.29, 1.82) is 0 Å². The molecule has 2 heterocycles. The Kier molecular flexibility index (Phi) is 5.85. The van der Waals surface area contributed by atoms with E-state index >= 15 is 0 Å². The molecule has 32 heavy (non-hydrogen) atoms. The Bertz CT molecular complexity index is 1440. The number of fused-ring (bicyclic) bond motifs is 4. The Morgan fingerprint density at radius 2 is 1.53 bits per heavy atom. The fourth-order valence-electron chi connectivity index (χ4n) is 4.27. The molecule has 0 aliphatic heterocycles. The first kappa shape index (κ1) is 21.8. The third kappa shape index (κ3) is 3.49. The zero-order chi connectivity index (χ0) is 21.5. The molecule has 3 aromatic carbocycles. The highest BCUT2D eigenvalue weighted by Crippen LogP contribution is 2.38. The van der Waals surface area contributed by atoms with Crippen LogP contribution in [0, 0.1) is 0 Å². The molecule has 0 aliphatic carbocycles. The van der Waals surface area contributed by atoms with Gasteiger partial charge in [0.1, 0.15) is 11.2 Å². The smallest absolute Gasteiger partial charge is 0.215 e. The highest BCUT2D eigenvalue weighted by atomic mass is 35.5. The Morgan fingerprint density at radius 3 is 2.25 bits per heavy atom. The zero-order valence-electron chi connectivity index (χ0n) is 18.1. The van der Waals surface area contributed by atoms with E-state index in [9.17, 15) is 5.11 Å². The van der Waals surface area contributed by atoms with Gasteiger partial charge in [0.15, 0.2) is 11.5 Å². The summed E-state index contributed by atoms with van der Waals surface area (Å²) in [4.78, 5) is 4.49. The van der Waals surface area contributed by atoms with Crippen LogP contribution in [0.25, 0.3) is 32.7 Å². The van der Waals surface area contributed by atoms with Crippen LogP contribution in [0.1, 0.15) is 23.7 Å². The van der Waals surface area contributed by atoms with E-state index in [0.717, 1.165) is 49.5 Å². The largest absolute Gasteiger partial charge is 0.493 e. The number of pyridine rings is 1. The SMILES string of the molecule is CCc1nc(O)c(Cc2ccc3oc4ccccc4c3c2)c2cc(OC)c(OC)cc12.Cl. The average molecular weight is 450 g/mol. The molecule has 0 amide bonds. The van der Waals surface area contributed by atoms with Crippen molar-refractivity contribution in [2.75, 3.05) is 14.2 Å². The van der Waals surface area contributed by atoms with Gasteiger partial charge in [0, 0.05) is 28.1 Å². The van der Waals surface area contributed by atoms with Crippen LogP contribution in [-0.4, -0.2) is 24.3 Å². The average Bonchev–Trinajstić information content (AvgIpc) is 3.17. The fourth-order valence-corrected chi connectivity index (χ4v) is 4.27. The van der Waals surface area contributed by atoms with Crippen LogP contribution < -0.4 is 9.47 Å². The van der Waals surface area contributed by atoms with Crippen molar-refractivity contribution < 1.29 is 19.0 Å². The predicted molar refractivity (Wildman–Crippen MR) is 130 cm³/mol. The van der Waals surface area contributed by atoms with E-state index in [1.807, 2.05) is 49.4 Å². The summed E-state index contributed by atoms with van der Waals surface area (Å²) in [5, 5.41) is 14.8. The van der Waals surface area contributed by atoms with Crippen molar-refractivity contribution in [2.45, 2.75) is 19.8 Å². The molecule has 0 spiro atoms. The quantitative estimate of drug-likeness (QED) is 0.335. The third-order valence-electron chi connectivity index (χ3n) is 5.83. The molecule has 1 N–H and O–H groups in total. The number of rotatable bonds is 5. The minimum atomic E-state index is 0. The van der Waals surface area contributed by atoms with Crippen molar-refractivity contribution in [3.63, 3.8) is 0 Å². The number of furan rings is 1. The van der Waals surface area contributed by atoms with Crippen LogP contribution in [0.15, 0.2) is 59.0 Å². The first-order valence-electron chi connectivity index (χ1n) is 10.3. The molecular weight excluding hydrogens is 426 g/mol. The van der Waals surface area contributed by atoms with Gasteiger partial charge in [-0.05, 0) is 47.7 Å². The predicted octanol–water partition coefficient (Wildman–Crippen LogP) is 6.43. The van der Waals surface area contributed by atoms with E-state index in [1.54, 1.807) is 14.2 Å². The number of aryl methyl sites for hydroxylation is 1. The standard InChI is InChI=1S/C26H23NO4.ClH/c1-4-21-18-14-25(30-3)24(29-2)13-17(18)20(26(28)27-21)12-15-9-10-23-19(11-15)16-7-5-6-8-22(16)31-23;/h5-11,13-14H,4,12H2,1-3H3,(H,27,28);1H. The summed E-state index contributed by atoms with van der Waals surface area (Å²) in [7, 11) is 3.23. The van der Waals surface area contributed by atoms with Gasteiger partial charge in [-0.1, -0.05) is 31.2 Å².